The number of hydrogen-bond donors (Lipinski definition) is 2. The maximum Gasteiger partial charge on any atom is 0.345 e. The van der Waals surface area contributed by atoms with Crippen LogP contribution < -0.4 is 9.64 Å². The van der Waals surface area contributed by atoms with E-state index in [2.05, 4.69) is 10.6 Å². The number of phenolic OH excluding ortho intramolecular Hbond substituents is 1. The monoisotopic (exact) mass is 643 g/mol. The van der Waals surface area contributed by atoms with Crippen molar-refractivity contribution in [3.8, 4) is 45.1 Å². The summed E-state index contributed by atoms with van der Waals surface area (Å²) < 4.78 is 8.62. The summed E-state index contributed by atoms with van der Waals surface area (Å²) in [5, 5.41) is 20.6. The van der Waals surface area contributed by atoms with Crippen molar-refractivity contribution in [1.82, 2.24) is 9.55 Å². The molecule has 236 valence electrons. The largest absolute Gasteiger partial charge is 0.508 e. The molecule has 2 aliphatic rings. The van der Waals surface area contributed by atoms with Gasteiger partial charge in [-0.2, -0.15) is 0 Å². The lowest BCUT2D eigenvalue weighted by molar-refractivity contribution is -0.118. The number of fused-ring (bicyclic) bond motifs is 7. The maximum atomic E-state index is 13.9. The molecule has 0 bridgehead atoms. The van der Waals surface area contributed by atoms with Crippen LogP contribution >= 0.6 is 11.3 Å². The number of methoxy groups -OCH3 is 1. The van der Waals surface area contributed by atoms with Crippen molar-refractivity contribution in [1.29, 1.82) is 0 Å². The highest BCUT2D eigenvalue weighted by Crippen LogP contribution is 2.51. The fourth-order valence-electron chi connectivity index (χ4n) is 7.49. The van der Waals surface area contributed by atoms with Crippen molar-refractivity contribution in [2.24, 2.45) is 0 Å². The van der Waals surface area contributed by atoms with E-state index >= 15 is 0 Å². The lowest BCUT2D eigenvalue weighted by atomic mass is 9.82. The molecule has 3 aromatic carbocycles. The zero-order chi connectivity index (χ0) is 32.4. The SMILES string of the molecule is COc1ccc(-c2ccc(O)cc2)c(-c2ccc3c4c(ccc3n2)-c2c(C3CCCCC3)c3sc(C(=O)O)cc3n2CC(=O)N4C)c1. The zero-order valence-corrected chi connectivity index (χ0v) is 26.9. The zero-order valence-electron chi connectivity index (χ0n) is 26.1. The summed E-state index contributed by atoms with van der Waals surface area (Å²) in [5.74, 6) is 0.201. The van der Waals surface area contributed by atoms with Gasteiger partial charge in [-0.3, -0.25) is 4.79 Å². The first kappa shape index (κ1) is 29.3. The predicted molar refractivity (Wildman–Crippen MR) is 186 cm³/mol. The van der Waals surface area contributed by atoms with Crippen LogP contribution in [-0.2, 0) is 11.3 Å². The number of hydrogen-bond acceptors (Lipinski definition) is 6. The Kier molecular flexibility index (Phi) is 7.02. The molecule has 3 aromatic heterocycles. The Balaban J connectivity index is 1.34. The number of anilines is 1. The summed E-state index contributed by atoms with van der Waals surface area (Å²) in [4.78, 5) is 33.1. The summed E-state index contributed by atoms with van der Waals surface area (Å²) in [5.41, 5.74) is 9.11. The third kappa shape index (κ3) is 4.76. The molecule has 2 N–H and O–H groups in total. The molecule has 1 fully saturated rings. The molecular weight excluding hydrogens is 611 g/mol. The molecule has 1 saturated carbocycles. The number of aromatic hydroxyl groups is 1. The predicted octanol–water partition coefficient (Wildman–Crippen LogP) is 8.69. The number of nitrogens with zero attached hydrogens (tertiary/aromatic N) is 3. The number of carboxylic acids is 1. The number of ether oxygens (including phenoxy) is 1. The van der Waals surface area contributed by atoms with Crippen LogP contribution in [0.3, 0.4) is 0 Å². The summed E-state index contributed by atoms with van der Waals surface area (Å²) in [6, 6.07) is 22.9. The van der Waals surface area contributed by atoms with Crippen molar-refractivity contribution in [3.05, 3.63) is 83.2 Å². The van der Waals surface area contributed by atoms with E-state index in [9.17, 15) is 19.8 Å². The number of rotatable bonds is 5. The number of carbonyl (C=O) groups excluding carboxylic acids is 1. The van der Waals surface area contributed by atoms with Crippen LogP contribution in [0.15, 0.2) is 72.8 Å². The smallest absolute Gasteiger partial charge is 0.345 e. The third-order valence-electron chi connectivity index (χ3n) is 9.78. The highest BCUT2D eigenvalue weighted by molar-refractivity contribution is 7.21. The molecule has 1 amide bonds. The Labute approximate surface area is 275 Å². The van der Waals surface area contributed by atoms with Gasteiger partial charge >= 0.3 is 5.97 Å². The van der Waals surface area contributed by atoms with E-state index in [0.29, 0.717) is 16.5 Å². The number of aromatic carboxylic acids is 1. The van der Waals surface area contributed by atoms with Crippen molar-refractivity contribution < 1.29 is 24.5 Å². The normalized spacial score (nSPS) is 15.1. The number of carbonyl (C=O) groups is 2. The molecule has 8 nitrogen and oxygen atoms in total. The Hall–Kier alpha value is -5.15. The highest BCUT2D eigenvalue weighted by Gasteiger charge is 2.34. The average Bonchev–Trinajstić information content (AvgIpc) is 3.63. The molecule has 47 heavy (non-hydrogen) atoms. The quantitative estimate of drug-likeness (QED) is 0.195. The molecule has 0 saturated heterocycles. The molecular formula is C38H33N3O5S. The van der Waals surface area contributed by atoms with E-state index in [-0.39, 0.29) is 18.2 Å². The first-order chi connectivity index (χ1) is 22.8. The standard InChI is InChI=1S/C38H33N3O5S/c1-40-33(43)20-41-31-19-32(38(44)45)47-37(31)34(22-6-4-3-5-7-22)36(41)27-15-17-29-26(35(27)40)14-16-30(39-29)28-18-24(46-2)12-13-25(28)21-8-10-23(42)11-9-21/h8-19,22,42H,3-7,20H2,1-2H3,(H,44,45). The van der Waals surface area contributed by atoms with Gasteiger partial charge in [-0.1, -0.05) is 37.5 Å². The van der Waals surface area contributed by atoms with Crippen molar-refractivity contribution >= 4 is 50.0 Å². The van der Waals surface area contributed by atoms with Crippen LogP contribution in [-0.4, -0.2) is 45.8 Å². The van der Waals surface area contributed by atoms with E-state index in [4.69, 9.17) is 9.72 Å². The molecule has 0 unspecified atom stereocenters. The second-order valence-corrected chi connectivity index (χ2v) is 13.5. The van der Waals surface area contributed by atoms with Gasteiger partial charge in [-0.15, -0.1) is 11.3 Å². The van der Waals surface area contributed by atoms with Gasteiger partial charge in [0.25, 0.3) is 0 Å². The fraction of sp³-hybridized carbons (Fsp3) is 0.237. The van der Waals surface area contributed by atoms with Crippen molar-refractivity contribution in [2.75, 3.05) is 19.1 Å². The van der Waals surface area contributed by atoms with Gasteiger partial charge in [0.1, 0.15) is 22.9 Å². The molecule has 8 rings (SSSR count). The van der Waals surface area contributed by atoms with Crippen molar-refractivity contribution in [3.63, 3.8) is 0 Å². The summed E-state index contributed by atoms with van der Waals surface area (Å²) in [7, 11) is 3.46. The number of pyridine rings is 1. The fourth-order valence-corrected chi connectivity index (χ4v) is 8.62. The molecule has 9 heteroatoms. The van der Waals surface area contributed by atoms with Gasteiger partial charge in [0.15, 0.2) is 0 Å². The number of benzene rings is 3. The van der Waals surface area contributed by atoms with Gasteiger partial charge in [0.2, 0.25) is 5.91 Å². The summed E-state index contributed by atoms with van der Waals surface area (Å²) in [6.07, 6.45) is 5.58. The van der Waals surface area contributed by atoms with Crippen LogP contribution in [0.4, 0.5) is 5.69 Å². The van der Waals surface area contributed by atoms with Crippen LogP contribution in [0.1, 0.15) is 53.3 Å². The topological polar surface area (TPSA) is 105 Å². The van der Waals surface area contributed by atoms with Crippen LogP contribution in [0.25, 0.3) is 54.8 Å². The number of aromatic nitrogens is 2. The lowest BCUT2D eigenvalue weighted by Gasteiger charge is -2.24. The first-order valence-electron chi connectivity index (χ1n) is 15.9. The number of carboxylic acid groups (broad SMARTS) is 1. The van der Waals surface area contributed by atoms with Gasteiger partial charge in [-0.05, 0) is 90.0 Å². The van der Waals surface area contributed by atoms with Crippen molar-refractivity contribution in [2.45, 2.75) is 44.6 Å². The minimum atomic E-state index is -0.940. The summed E-state index contributed by atoms with van der Waals surface area (Å²) in [6.45, 7) is 0.131. The van der Waals surface area contributed by atoms with E-state index in [1.165, 1.54) is 23.3 Å². The molecule has 0 radical (unpaired) electrons. The second kappa shape index (κ2) is 11.3. The van der Waals surface area contributed by atoms with Gasteiger partial charge in [0.05, 0.1) is 39.9 Å². The molecule has 0 atom stereocenters. The van der Waals surface area contributed by atoms with Crippen LogP contribution in [0.2, 0.25) is 0 Å². The molecule has 4 heterocycles. The van der Waals surface area contributed by atoms with E-state index in [1.807, 2.05) is 55.6 Å². The van der Waals surface area contributed by atoms with Gasteiger partial charge in [-0.25, -0.2) is 9.78 Å². The number of thiophene rings is 1. The highest BCUT2D eigenvalue weighted by atomic mass is 32.1. The Morgan fingerprint density at radius 3 is 2.45 bits per heavy atom. The minimum absolute atomic E-state index is 0.0702. The van der Waals surface area contributed by atoms with Crippen LogP contribution in [0.5, 0.6) is 11.5 Å². The Bertz CT molecular complexity index is 2230. The Morgan fingerprint density at radius 1 is 0.936 bits per heavy atom. The number of likely N-dealkylation sites (N-methyl/N-ethyl adjacent to an activating group) is 1. The second-order valence-electron chi connectivity index (χ2n) is 12.4. The minimum Gasteiger partial charge on any atom is -0.508 e. The average molecular weight is 644 g/mol. The number of phenols is 1. The van der Waals surface area contributed by atoms with E-state index < -0.39 is 5.97 Å². The maximum absolute atomic E-state index is 13.9. The van der Waals surface area contributed by atoms with E-state index in [1.54, 1.807) is 30.2 Å². The molecule has 6 aromatic rings. The van der Waals surface area contributed by atoms with Gasteiger partial charge < -0.3 is 24.4 Å². The van der Waals surface area contributed by atoms with Gasteiger partial charge in [0, 0.05) is 23.6 Å². The van der Waals surface area contributed by atoms with E-state index in [0.717, 1.165) is 86.1 Å². The van der Waals surface area contributed by atoms with Crippen LogP contribution in [0, 0.1) is 0 Å². The summed E-state index contributed by atoms with van der Waals surface area (Å²) >= 11 is 1.33. The first-order valence-corrected chi connectivity index (χ1v) is 16.7. The molecule has 1 aliphatic carbocycles. The molecule has 1 aliphatic heterocycles. The Morgan fingerprint density at radius 2 is 1.70 bits per heavy atom. The number of amides is 1. The molecule has 0 spiro atoms. The third-order valence-corrected chi connectivity index (χ3v) is 10.9. The lowest BCUT2D eigenvalue weighted by Crippen LogP contribution is -2.28.